The van der Waals surface area contributed by atoms with E-state index in [4.69, 9.17) is 15.6 Å². The predicted octanol–water partition coefficient (Wildman–Crippen LogP) is 3.93. The summed E-state index contributed by atoms with van der Waals surface area (Å²) in [6.07, 6.45) is 17.8. The molecule has 0 spiro atoms. The Kier molecular flexibility index (Phi) is 14.2. The van der Waals surface area contributed by atoms with Gasteiger partial charge in [-0.1, -0.05) is 51.2 Å². The van der Waals surface area contributed by atoms with Crippen LogP contribution < -0.4 is 16.4 Å². The first-order chi connectivity index (χ1) is 15.9. The van der Waals surface area contributed by atoms with Gasteiger partial charge in [0, 0.05) is 18.8 Å². The van der Waals surface area contributed by atoms with E-state index in [1.54, 1.807) is 6.92 Å². The van der Waals surface area contributed by atoms with E-state index in [9.17, 15) is 9.59 Å². The predicted molar refractivity (Wildman–Crippen MR) is 132 cm³/mol. The molecule has 0 radical (unpaired) electrons. The highest BCUT2D eigenvalue weighted by atomic mass is 16.3. The van der Waals surface area contributed by atoms with E-state index in [1.807, 2.05) is 17.1 Å². The number of carbonyl (C=O) groups excluding carboxylic acids is 2. The largest absolute Gasteiger partial charge is 0.483 e. The number of carboxylic acid groups (broad SMARTS) is 1. The Labute approximate surface area is 199 Å². The van der Waals surface area contributed by atoms with Crippen molar-refractivity contribution in [1.29, 1.82) is 0 Å². The smallest absolute Gasteiger partial charge is 0.319 e. The molecular formula is C25H44N4O4. The molecule has 33 heavy (non-hydrogen) atoms. The molecule has 0 saturated carbocycles. The number of carbonyl (C=O) groups is 3. The summed E-state index contributed by atoms with van der Waals surface area (Å²) < 4.78 is 0. The van der Waals surface area contributed by atoms with Crippen LogP contribution in [0.15, 0.2) is 23.9 Å². The maximum Gasteiger partial charge on any atom is 0.319 e. The maximum absolute atomic E-state index is 12.7. The van der Waals surface area contributed by atoms with Crippen LogP contribution in [0.3, 0.4) is 0 Å². The van der Waals surface area contributed by atoms with E-state index in [1.165, 1.54) is 32.1 Å². The van der Waals surface area contributed by atoms with Gasteiger partial charge in [0.1, 0.15) is 11.9 Å². The molecule has 0 aromatic carbocycles. The van der Waals surface area contributed by atoms with Crippen LogP contribution in [0, 0.1) is 5.41 Å². The number of ketones is 1. The van der Waals surface area contributed by atoms with Gasteiger partial charge < -0.3 is 26.4 Å². The molecule has 1 aliphatic heterocycles. The zero-order valence-electron chi connectivity index (χ0n) is 20.5. The van der Waals surface area contributed by atoms with Gasteiger partial charge in [0.25, 0.3) is 6.47 Å². The number of nitrogens with one attached hydrogen (secondary N) is 2. The van der Waals surface area contributed by atoms with Gasteiger partial charge >= 0.3 is 6.03 Å². The minimum atomic E-state index is -0.472. The van der Waals surface area contributed by atoms with Crippen molar-refractivity contribution < 1.29 is 19.5 Å². The summed E-state index contributed by atoms with van der Waals surface area (Å²) in [6.45, 7) is 5.64. The van der Waals surface area contributed by atoms with Gasteiger partial charge in [0.05, 0.1) is 5.41 Å². The van der Waals surface area contributed by atoms with Crippen molar-refractivity contribution in [2.75, 3.05) is 19.6 Å². The minimum absolute atomic E-state index is 0.00135. The number of urea groups is 1. The number of piperidine rings is 1. The lowest BCUT2D eigenvalue weighted by atomic mass is 9.75. The van der Waals surface area contributed by atoms with Crippen LogP contribution in [-0.2, 0) is 9.59 Å². The summed E-state index contributed by atoms with van der Waals surface area (Å²) in [5, 5.41) is 13.5. The lowest BCUT2D eigenvalue weighted by Crippen LogP contribution is -2.54. The molecule has 2 atom stereocenters. The van der Waals surface area contributed by atoms with E-state index in [-0.39, 0.29) is 24.5 Å². The molecular weight excluding hydrogens is 420 g/mol. The van der Waals surface area contributed by atoms with E-state index >= 15 is 0 Å². The third-order valence-electron chi connectivity index (χ3n) is 6.46. The zero-order valence-corrected chi connectivity index (χ0v) is 20.5. The van der Waals surface area contributed by atoms with Crippen LogP contribution in [0.5, 0.6) is 0 Å². The topological polar surface area (TPSA) is 125 Å². The van der Waals surface area contributed by atoms with Crippen LogP contribution in [0.1, 0.15) is 84.5 Å². The van der Waals surface area contributed by atoms with Crippen molar-refractivity contribution in [3.63, 3.8) is 0 Å². The monoisotopic (exact) mass is 464 g/mol. The Hall–Kier alpha value is -2.35. The Balaban J connectivity index is 0.00000172. The fraction of sp³-hybridized carbons (Fsp3) is 0.720. The normalized spacial score (nSPS) is 22.0. The molecule has 1 aliphatic carbocycles. The fourth-order valence-corrected chi connectivity index (χ4v) is 4.38. The number of Topliss-reactive ketones (excluding diaryl/α,β-unsaturated/α-hetero) is 1. The molecule has 8 nitrogen and oxygen atoms in total. The third kappa shape index (κ3) is 9.98. The van der Waals surface area contributed by atoms with Crippen molar-refractivity contribution in [2.45, 2.75) is 90.6 Å². The lowest BCUT2D eigenvalue weighted by molar-refractivity contribution is -0.124. The molecule has 1 fully saturated rings. The Bertz CT molecular complexity index is 665. The molecule has 0 aromatic heterocycles. The quantitative estimate of drug-likeness (QED) is 0.256. The highest BCUT2D eigenvalue weighted by molar-refractivity contribution is 5.85. The van der Waals surface area contributed by atoms with Gasteiger partial charge in [-0.2, -0.15) is 0 Å². The second-order valence-corrected chi connectivity index (χ2v) is 8.90. The highest BCUT2D eigenvalue weighted by Crippen LogP contribution is 2.34. The van der Waals surface area contributed by atoms with Gasteiger partial charge in [-0.3, -0.25) is 9.59 Å². The first kappa shape index (κ1) is 28.7. The van der Waals surface area contributed by atoms with Gasteiger partial charge in [-0.25, -0.2) is 4.79 Å². The van der Waals surface area contributed by atoms with Crippen LogP contribution in [0.4, 0.5) is 4.79 Å². The van der Waals surface area contributed by atoms with Crippen LogP contribution in [0.25, 0.3) is 0 Å². The Morgan fingerprint density at radius 3 is 2.55 bits per heavy atom. The SMILES string of the molecule is CCCCCCCCNC(=O)N1CCCCC1NC1=CCC(CCN)(C(C)=O)C=C1.O=CO. The molecule has 2 unspecified atom stereocenters. The summed E-state index contributed by atoms with van der Waals surface area (Å²) in [4.78, 5) is 35.2. The highest BCUT2D eigenvalue weighted by Gasteiger charge is 2.33. The number of nitrogens with zero attached hydrogens (tertiary/aromatic N) is 1. The first-order valence-electron chi connectivity index (χ1n) is 12.4. The second kappa shape index (κ2) is 16.3. The van der Waals surface area contributed by atoms with E-state index in [2.05, 4.69) is 23.6 Å². The lowest BCUT2D eigenvalue weighted by Gasteiger charge is -2.38. The van der Waals surface area contributed by atoms with Crippen molar-refractivity contribution in [1.82, 2.24) is 15.5 Å². The minimum Gasteiger partial charge on any atom is -0.483 e. The summed E-state index contributed by atoms with van der Waals surface area (Å²) in [5.74, 6) is 0.160. The standard InChI is InChI=1S/C24H42N4O2.CH2O2/c1-3-4-5-6-7-9-18-26-23(30)28-19-10-8-11-22(28)27-21-12-14-24(15-13-21,16-17-25)20(2)29;2-1-3/h12-14,22,27H,3-11,15-19,25H2,1-2H3,(H,26,30);1H,(H,2,3). The van der Waals surface area contributed by atoms with E-state index in [0.29, 0.717) is 19.4 Å². The van der Waals surface area contributed by atoms with Crippen molar-refractivity contribution >= 4 is 18.3 Å². The molecule has 2 rings (SSSR count). The number of hydrogen-bond acceptors (Lipinski definition) is 5. The molecule has 188 valence electrons. The molecule has 5 N–H and O–H groups in total. The summed E-state index contributed by atoms with van der Waals surface area (Å²) in [6, 6.07) is 0.0300. The first-order valence-corrected chi connectivity index (χ1v) is 12.4. The molecule has 1 saturated heterocycles. The van der Waals surface area contributed by atoms with Crippen molar-refractivity contribution in [2.24, 2.45) is 11.1 Å². The molecule has 2 amide bonds. The zero-order chi connectivity index (χ0) is 24.5. The maximum atomic E-state index is 12.7. The van der Waals surface area contributed by atoms with Crippen LogP contribution in [-0.4, -0.2) is 54.1 Å². The van der Waals surface area contributed by atoms with Crippen LogP contribution in [0.2, 0.25) is 0 Å². The average molecular weight is 465 g/mol. The average Bonchev–Trinajstić information content (AvgIpc) is 2.80. The molecule has 1 heterocycles. The number of rotatable bonds is 12. The molecule has 0 bridgehead atoms. The van der Waals surface area contributed by atoms with Gasteiger partial charge in [-0.15, -0.1) is 0 Å². The third-order valence-corrected chi connectivity index (χ3v) is 6.46. The van der Waals surface area contributed by atoms with Crippen molar-refractivity contribution in [3.8, 4) is 0 Å². The summed E-state index contributed by atoms with van der Waals surface area (Å²) in [7, 11) is 0. The number of likely N-dealkylation sites (tertiary alicyclic amines) is 1. The number of hydrogen-bond donors (Lipinski definition) is 4. The summed E-state index contributed by atoms with van der Waals surface area (Å²) in [5.41, 5.74) is 6.24. The van der Waals surface area contributed by atoms with Crippen LogP contribution >= 0.6 is 0 Å². The Morgan fingerprint density at radius 2 is 1.94 bits per heavy atom. The van der Waals surface area contributed by atoms with E-state index < -0.39 is 5.41 Å². The number of allylic oxidation sites excluding steroid dienone is 3. The molecule has 0 aromatic rings. The number of amides is 2. The van der Waals surface area contributed by atoms with Crippen molar-refractivity contribution in [3.05, 3.63) is 23.9 Å². The molecule has 8 heteroatoms. The Morgan fingerprint density at radius 1 is 1.24 bits per heavy atom. The second-order valence-electron chi connectivity index (χ2n) is 8.90. The van der Waals surface area contributed by atoms with E-state index in [0.717, 1.165) is 44.5 Å². The van der Waals surface area contributed by atoms with Gasteiger partial charge in [-0.05, 0) is 58.1 Å². The molecule has 2 aliphatic rings. The van der Waals surface area contributed by atoms with Gasteiger partial charge in [0.2, 0.25) is 0 Å². The number of unbranched alkanes of at least 4 members (excludes halogenated alkanes) is 5. The van der Waals surface area contributed by atoms with Gasteiger partial charge in [0.15, 0.2) is 0 Å². The summed E-state index contributed by atoms with van der Waals surface area (Å²) >= 11 is 0. The fourth-order valence-electron chi connectivity index (χ4n) is 4.38. The number of nitrogens with two attached hydrogens (primary N) is 1.